The topological polar surface area (TPSA) is 96.4 Å². The number of pyridine rings is 1. The molecule has 1 saturated heterocycles. The van der Waals surface area contributed by atoms with E-state index >= 15 is 0 Å². The Labute approximate surface area is 203 Å². The zero-order valence-corrected chi connectivity index (χ0v) is 19.8. The first kappa shape index (κ1) is 25.4. The van der Waals surface area contributed by atoms with Crippen molar-refractivity contribution in [1.29, 1.82) is 0 Å². The maximum absolute atomic E-state index is 14.3. The van der Waals surface area contributed by atoms with Crippen molar-refractivity contribution >= 4 is 33.3 Å². The predicted molar refractivity (Wildman–Crippen MR) is 117 cm³/mol. The minimum atomic E-state index is -3.66. The number of fused-ring (bicyclic) bond motifs is 1. The minimum absolute atomic E-state index is 0.0459. The number of likely N-dealkylation sites (tertiary alicyclic amines) is 1. The van der Waals surface area contributed by atoms with E-state index in [1.54, 1.807) is 0 Å². The monoisotopic (exact) mass is 533 g/mol. The molecule has 0 bridgehead atoms. The number of carbonyl (C=O) groups excluding carboxylic acids is 2. The molecular formula is C22H20ClF4N3O4S. The second-order valence-electron chi connectivity index (χ2n) is 8.66. The van der Waals surface area contributed by atoms with Gasteiger partial charge in [-0.15, -0.1) is 0 Å². The van der Waals surface area contributed by atoms with Crippen LogP contribution in [0.4, 0.5) is 17.6 Å². The smallest absolute Gasteiger partial charge is 0.262 e. The molecule has 2 aliphatic rings. The van der Waals surface area contributed by atoms with Gasteiger partial charge in [0.2, 0.25) is 5.91 Å². The van der Waals surface area contributed by atoms with Crippen molar-refractivity contribution in [3.05, 3.63) is 58.4 Å². The van der Waals surface area contributed by atoms with Crippen LogP contribution in [0, 0.1) is 17.6 Å². The Morgan fingerprint density at radius 3 is 2.46 bits per heavy atom. The minimum Gasteiger partial charge on any atom is -0.342 e. The largest absolute Gasteiger partial charge is 0.342 e. The van der Waals surface area contributed by atoms with E-state index in [9.17, 15) is 35.6 Å². The van der Waals surface area contributed by atoms with Gasteiger partial charge in [0.25, 0.3) is 12.3 Å². The van der Waals surface area contributed by atoms with Crippen molar-refractivity contribution in [2.75, 3.05) is 6.26 Å². The average Bonchev–Trinajstić information content (AvgIpc) is 3.03. The van der Waals surface area contributed by atoms with E-state index in [1.165, 1.54) is 4.90 Å². The molecule has 4 atom stereocenters. The maximum atomic E-state index is 14.3. The van der Waals surface area contributed by atoms with Gasteiger partial charge in [-0.1, -0.05) is 11.6 Å². The summed E-state index contributed by atoms with van der Waals surface area (Å²) in [7, 11) is -3.66. The van der Waals surface area contributed by atoms with Crippen molar-refractivity contribution in [3.63, 3.8) is 0 Å². The molecule has 1 aliphatic heterocycles. The third-order valence-electron chi connectivity index (χ3n) is 6.45. The number of hydrogen-bond acceptors (Lipinski definition) is 5. The summed E-state index contributed by atoms with van der Waals surface area (Å²) in [4.78, 5) is 31.2. The summed E-state index contributed by atoms with van der Waals surface area (Å²) in [6, 6.07) is -1.50. The Morgan fingerprint density at radius 2 is 1.86 bits per heavy atom. The molecule has 1 aromatic heterocycles. The first-order valence-corrected chi connectivity index (χ1v) is 12.9. The molecule has 2 aromatic rings. The number of aromatic nitrogens is 1. The fraction of sp³-hybridized carbons (Fsp3) is 0.409. The van der Waals surface area contributed by atoms with Crippen LogP contribution in [0.3, 0.4) is 0 Å². The Morgan fingerprint density at radius 1 is 1.14 bits per heavy atom. The number of hydrogen-bond donors (Lipinski definition) is 1. The summed E-state index contributed by atoms with van der Waals surface area (Å²) in [6.45, 7) is 0. The van der Waals surface area contributed by atoms with Crippen molar-refractivity contribution in [3.8, 4) is 0 Å². The number of amides is 2. The lowest BCUT2D eigenvalue weighted by atomic mass is 9.80. The van der Waals surface area contributed by atoms with Crippen LogP contribution in [0.15, 0.2) is 35.5 Å². The Balaban J connectivity index is 1.62. The molecule has 35 heavy (non-hydrogen) atoms. The van der Waals surface area contributed by atoms with Crippen LogP contribution < -0.4 is 5.32 Å². The number of rotatable bonds is 6. The zero-order valence-electron chi connectivity index (χ0n) is 18.2. The molecule has 2 heterocycles. The van der Waals surface area contributed by atoms with Gasteiger partial charge in [0.15, 0.2) is 9.84 Å². The molecule has 4 rings (SSSR count). The molecule has 2 fully saturated rings. The lowest BCUT2D eigenvalue weighted by molar-refractivity contribution is -0.127. The summed E-state index contributed by atoms with van der Waals surface area (Å²) in [5.41, 5.74) is -0.853. The van der Waals surface area contributed by atoms with Crippen molar-refractivity contribution in [2.24, 2.45) is 5.92 Å². The number of halogens is 5. The van der Waals surface area contributed by atoms with E-state index in [1.807, 2.05) is 0 Å². The zero-order chi connectivity index (χ0) is 25.7. The molecule has 13 heteroatoms. The Hall–Kier alpha value is -2.73. The van der Waals surface area contributed by atoms with Gasteiger partial charge in [-0.05, 0) is 43.4 Å². The summed E-state index contributed by atoms with van der Waals surface area (Å²) in [5, 5.41) is 1.46. The van der Waals surface area contributed by atoms with Gasteiger partial charge in [-0.3, -0.25) is 14.6 Å². The molecule has 1 saturated carbocycles. The second-order valence-corrected chi connectivity index (χ2v) is 11.1. The lowest BCUT2D eigenvalue weighted by Gasteiger charge is -2.37. The normalized spacial score (nSPS) is 22.5. The summed E-state index contributed by atoms with van der Waals surface area (Å²) in [5.74, 6) is -4.02. The predicted octanol–water partition coefficient (Wildman–Crippen LogP) is 3.53. The molecule has 1 N–H and O–H groups in total. The molecule has 7 nitrogen and oxygen atoms in total. The molecule has 2 amide bonds. The number of alkyl halides is 2. The van der Waals surface area contributed by atoms with Crippen LogP contribution in [-0.2, 0) is 14.6 Å². The molecule has 0 unspecified atom stereocenters. The number of carbonyl (C=O) groups is 2. The van der Waals surface area contributed by atoms with Crippen LogP contribution in [-0.4, -0.2) is 54.9 Å². The highest BCUT2D eigenvalue weighted by molar-refractivity contribution is 7.90. The van der Waals surface area contributed by atoms with Crippen LogP contribution >= 0.6 is 11.6 Å². The highest BCUT2D eigenvalue weighted by atomic mass is 35.5. The van der Waals surface area contributed by atoms with E-state index < -0.39 is 62.4 Å². The molecule has 1 aromatic carbocycles. The number of nitrogens with zero attached hydrogens (tertiary/aromatic N) is 2. The summed E-state index contributed by atoms with van der Waals surface area (Å²) >= 11 is 5.49. The van der Waals surface area contributed by atoms with Crippen molar-refractivity contribution in [2.45, 2.75) is 48.7 Å². The van der Waals surface area contributed by atoms with E-state index in [4.69, 9.17) is 11.6 Å². The number of benzene rings is 1. The SMILES string of the molecule is CS(=O)(=O)c1cncc(C(=O)N2[C@@H](C(=O)N[C@@H](c3cc(F)c(Cl)cc3F)C(F)F)C[C@H]3CC[C@H]32)c1. The second kappa shape index (κ2) is 9.38. The first-order chi connectivity index (χ1) is 16.4. The third kappa shape index (κ3) is 4.86. The standard InChI is InChI=1S/C22H20ClF4N3O4S/c1-35(33,34)12-4-11(8-28-9-12)22(32)30-17-3-2-10(17)5-18(30)21(31)29-19(20(26)27)13-6-16(25)14(23)7-15(13)24/h4,6-10,17-20H,2-3,5H2,1H3,(H,29,31)/t10-,17-,18-,19+/m1/s1. The highest BCUT2D eigenvalue weighted by Gasteiger charge is 2.51. The first-order valence-electron chi connectivity index (χ1n) is 10.6. The van der Waals surface area contributed by atoms with Gasteiger partial charge in [-0.2, -0.15) is 0 Å². The number of sulfone groups is 1. The van der Waals surface area contributed by atoms with Crippen molar-refractivity contribution in [1.82, 2.24) is 15.2 Å². The van der Waals surface area contributed by atoms with Gasteiger partial charge in [0, 0.05) is 30.3 Å². The molecule has 0 radical (unpaired) electrons. The maximum Gasteiger partial charge on any atom is 0.262 e. The van der Waals surface area contributed by atoms with Crippen molar-refractivity contribution < 1.29 is 35.6 Å². The lowest BCUT2D eigenvalue weighted by Crippen LogP contribution is -2.51. The van der Waals surface area contributed by atoms with Gasteiger partial charge in [0.05, 0.1) is 15.5 Å². The fourth-order valence-electron chi connectivity index (χ4n) is 4.54. The van der Waals surface area contributed by atoms with E-state index in [-0.39, 0.29) is 28.8 Å². The molecule has 188 valence electrons. The highest BCUT2D eigenvalue weighted by Crippen LogP contribution is 2.44. The summed E-state index contributed by atoms with van der Waals surface area (Å²) in [6.07, 6.45) is 1.39. The van der Waals surface area contributed by atoms with Gasteiger partial charge in [-0.25, -0.2) is 26.0 Å². The van der Waals surface area contributed by atoms with Crippen LogP contribution in [0.5, 0.6) is 0 Å². The van der Waals surface area contributed by atoms with Gasteiger partial charge >= 0.3 is 0 Å². The molecule has 0 spiro atoms. The van der Waals surface area contributed by atoms with Gasteiger partial charge in [0.1, 0.15) is 23.7 Å². The van der Waals surface area contributed by atoms with E-state index in [0.29, 0.717) is 18.6 Å². The fourth-order valence-corrected chi connectivity index (χ4v) is 5.28. The quantitative estimate of drug-likeness (QED) is 0.453. The molecule has 1 aliphatic carbocycles. The van der Waals surface area contributed by atoms with Gasteiger partial charge < -0.3 is 10.2 Å². The third-order valence-corrected chi connectivity index (χ3v) is 7.82. The van der Waals surface area contributed by atoms with Crippen LogP contribution in [0.1, 0.15) is 41.2 Å². The Kier molecular flexibility index (Phi) is 6.80. The number of nitrogens with one attached hydrogen (secondary N) is 1. The van der Waals surface area contributed by atoms with Crippen LogP contribution in [0.2, 0.25) is 5.02 Å². The average molecular weight is 534 g/mol. The van der Waals surface area contributed by atoms with E-state index in [0.717, 1.165) is 31.1 Å². The Bertz CT molecular complexity index is 1290. The van der Waals surface area contributed by atoms with Crippen LogP contribution in [0.25, 0.3) is 0 Å². The molecular weight excluding hydrogens is 514 g/mol. The van der Waals surface area contributed by atoms with E-state index in [2.05, 4.69) is 10.3 Å². The summed E-state index contributed by atoms with van der Waals surface area (Å²) < 4.78 is 79.5.